The fraction of sp³-hybridized carbons (Fsp3) is 0.250. The Morgan fingerprint density at radius 1 is 0.737 bits per heavy atom. The molecular formula is C16H18O2S. The molecule has 0 aliphatic heterocycles. The van der Waals surface area contributed by atoms with E-state index in [0.29, 0.717) is 0 Å². The Balaban J connectivity index is 2.21. The SMILES string of the molecule is COc1ccc(Sc2ccc(OC)c(C)c2)cc1C. The van der Waals surface area contributed by atoms with Gasteiger partial charge in [0.2, 0.25) is 0 Å². The van der Waals surface area contributed by atoms with Gasteiger partial charge in [-0.1, -0.05) is 11.8 Å². The smallest absolute Gasteiger partial charge is 0.121 e. The first-order valence-electron chi connectivity index (χ1n) is 6.11. The molecular weight excluding hydrogens is 256 g/mol. The summed E-state index contributed by atoms with van der Waals surface area (Å²) in [6.07, 6.45) is 0. The molecule has 2 rings (SSSR count). The van der Waals surface area contributed by atoms with Crippen LogP contribution in [0.5, 0.6) is 11.5 Å². The lowest BCUT2D eigenvalue weighted by Crippen LogP contribution is -1.88. The van der Waals surface area contributed by atoms with Gasteiger partial charge in [-0.2, -0.15) is 0 Å². The Labute approximate surface area is 118 Å². The maximum absolute atomic E-state index is 5.27. The zero-order chi connectivity index (χ0) is 13.8. The average Bonchev–Trinajstić information content (AvgIpc) is 2.39. The fourth-order valence-corrected chi connectivity index (χ4v) is 2.98. The molecule has 0 bridgehead atoms. The standard InChI is InChI=1S/C16H18O2S/c1-11-9-13(5-7-15(11)17-3)19-14-6-8-16(18-4)12(2)10-14/h5-10H,1-4H3. The summed E-state index contributed by atoms with van der Waals surface area (Å²) in [5.74, 6) is 1.85. The van der Waals surface area contributed by atoms with Crippen molar-refractivity contribution in [3.63, 3.8) is 0 Å². The summed E-state index contributed by atoms with van der Waals surface area (Å²) in [6, 6.07) is 12.5. The summed E-state index contributed by atoms with van der Waals surface area (Å²) in [7, 11) is 3.39. The van der Waals surface area contributed by atoms with Crippen molar-refractivity contribution < 1.29 is 9.47 Å². The summed E-state index contributed by atoms with van der Waals surface area (Å²) < 4.78 is 10.5. The zero-order valence-electron chi connectivity index (χ0n) is 11.7. The molecule has 0 amide bonds. The van der Waals surface area contributed by atoms with Crippen LogP contribution in [0.4, 0.5) is 0 Å². The lowest BCUT2D eigenvalue weighted by molar-refractivity contribution is 0.411. The first-order valence-corrected chi connectivity index (χ1v) is 6.93. The van der Waals surface area contributed by atoms with Crippen LogP contribution in [0.2, 0.25) is 0 Å². The topological polar surface area (TPSA) is 18.5 Å². The Morgan fingerprint density at radius 2 is 1.16 bits per heavy atom. The van der Waals surface area contributed by atoms with Gasteiger partial charge in [-0.05, 0) is 61.4 Å². The summed E-state index contributed by atoms with van der Waals surface area (Å²) in [6.45, 7) is 4.12. The van der Waals surface area contributed by atoms with Crippen molar-refractivity contribution >= 4 is 11.8 Å². The maximum atomic E-state index is 5.27. The third-order valence-corrected chi connectivity index (χ3v) is 3.95. The molecule has 100 valence electrons. The van der Waals surface area contributed by atoms with Gasteiger partial charge in [-0.15, -0.1) is 0 Å². The number of benzene rings is 2. The second-order valence-corrected chi connectivity index (χ2v) is 5.51. The minimum atomic E-state index is 0.926. The molecule has 0 fully saturated rings. The number of ether oxygens (including phenoxy) is 2. The zero-order valence-corrected chi connectivity index (χ0v) is 12.5. The number of methoxy groups -OCH3 is 2. The summed E-state index contributed by atoms with van der Waals surface area (Å²) in [4.78, 5) is 2.42. The van der Waals surface area contributed by atoms with E-state index >= 15 is 0 Å². The minimum Gasteiger partial charge on any atom is -0.496 e. The maximum Gasteiger partial charge on any atom is 0.121 e. The second kappa shape index (κ2) is 6.02. The van der Waals surface area contributed by atoms with Crippen molar-refractivity contribution in [2.24, 2.45) is 0 Å². The normalized spacial score (nSPS) is 10.3. The van der Waals surface area contributed by atoms with Crippen molar-refractivity contribution in [2.75, 3.05) is 14.2 Å². The molecule has 0 saturated heterocycles. The van der Waals surface area contributed by atoms with Gasteiger partial charge in [0.05, 0.1) is 14.2 Å². The molecule has 0 saturated carbocycles. The van der Waals surface area contributed by atoms with Crippen molar-refractivity contribution in [1.82, 2.24) is 0 Å². The molecule has 0 spiro atoms. The van der Waals surface area contributed by atoms with E-state index in [1.807, 2.05) is 12.1 Å². The highest BCUT2D eigenvalue weighted by atomic mass is 32.2. The van der Waals surface area contributed by atoms with Gasteiger partial charge < -0.3 is 9.47 Å². The molecule has 19 heavy (non-hydrogen) atoms. The molecule has 3 heteroatoms. The van der Waals surface area contributed by atoms with Gasteiger partial charge in [0.1, 0.15) is 11.5 Å². The number of aryl methyl sites for hydroxylation is 2. The second-order valence-electron chi connectivity index (χ2n) is 4.36. The number of hydrogen-bond acceptors (Lipinski definition) is 3. The predicted octanol–water partition coefficient (Wildman–Crippen LogP) is 4.47. The number of rotatable bonds is 4. The van der Waals surface area contributed by atoms with E-state index in [1.165, 1.54) is 9.79 Å². The molecule has 0 radical (unpaired) electrons. The molecule has 2 aromatic rings. The summed E-state index contributed by atoms with van der Waals surface area (Å²) >= 11 is 1.74. The lowest BCUT2D eigenvalue weighted by atomic mass is 10.2. The van der Waals surface area contributed by atoms with E-state index < -0.39 is 0 Å². The van der Waals surface area contributed by atoms with E-state index in [1.54, 1.807) is 26.0 Å². The van der Waals surface area contributed by atoms with Crippen LogP contribution in [0.15, 0.2) is 46.2 Å². The quantitative estimate of drug-likeness (QED) is 0.819. The molecule has 2 nitrogen and oxygen atoms in total. The molecule has 0 aromatic heterocycles. The van der Waals surface area contributed by atoms with E-state index in [4.69, 9.17) is 9.47 Å². The van der Waals surface area contributed by atoms with E-state index in [2.05, 4.69) is 38.1 Å². The van der Waals surface area contributed by atoms with E-state index in [-0.39, 0.29) is 0 Å². The van der Waals surface area contributed by atoms with Crippen molar-refractivity contribution in [3.05, 3.63) is 47.5 Å². The van der Waals surface area contributed by atoms with Crippen LogP contribution in [0.1, 0.15) is 11.1 Å². The molecule has 0 heterocycles. The first kappa shape index (κ1) is 13.8. The van der Waals surface area contributed by atoms with Crippen LogP contribution >= 0.6 is 11.8 Å². The van der Waals surface area contributed by atoms with Gasteiger partial charge in [0, 0.05) is 9.79 Å². The third kappa shape index (κ3) is 3.24. The van der Waals surface area contributed by atoms with Crippen molar-refractivity contribution in [1.29, 1.82) is 0 Å². The third-order valence-electron chi connectivity index (χ3n) is 2.97. The molecule has 0 aliphatic carbocycles. The Kier molecular flexibility index (Phi) is 4.38. The Hall–Kier alpha value is -1.61. The minimum absolute atomic E-state index is 0.926. The molecule has 0 unspecified atom stereocenters. The highest BCUT2D eigenvalue weighted by Gasteiger charge is 2.04. The van der Waals surface area contributed by atoms with Crippen LogP contribution in [-0.2, 0) is 0 Å². The van der Waals surface area contributed by atoms with Crippen LogP contribution in [0.25, 0.3) is 0 Å². The average molecular weight is 274 g/mol. The van der Waals surface area contributed by atoms with Gasteiger partial charge in [0.25, 0.3) is 0 Å². The fourth-order valence-electron chi connectivity index (χ4n) is 1.96. The molecule has 0 aliphatic rings. The highest BCUT2D eigenvalue weighted by Crippen LogP contribution is 2.33. The molecule has 0 atom stereocenters. The van der Waals surface area contributed by atoms with Crippen LogP contribution < -0.4 is 9.47 Å². The number of hydrogen-bond donors (Lipinski definition) is 0. The van der Waals surface area contributed by atoms with Crippen LogP contribution in [0.3, 0.4) is 0 Å². The Bertz CT molecular complexity index is 527. The van der Waals surface area contributed by atoms with Crippen LogP contribution in [0, 0.1) is 13.8 Å². The van der Waals surface area contributed by atoms with E-state index in [0.717, 1.165) is 22.6 Å². The Morgan fingerprint density at radius 3 is 1.47 bits per heavy atom. The van der Waals surface area contributed by atoms with Gasteiger partial charge >= 0.3 is 0 Å². The van der Waals surface area contributed by atoms with Gasteiger partial charge in [0.15, 0.2) is 0 Å². The molecule has 0 N–H and O–H groups in total. The highest BCUT2D eigenvalue weighted by molar-refractivity contribution is 7.99. The largest absolute Gasteiger partial charge is 0.496 e. The molecule has 2 aromatic carbocycles. The van der Waals surface area contributed by atoms with Crippen molar-refractivity contribution in [2.45, 2.75) is 23.6 Å². The van der Waals surface area contributed by atoms with Gasteiger partial charge in [-0.25, -0.2) is 0 Å². The van der Waals surface area contributed by atoms with Crippen LogP contribution in [-0.4, -0.2) is 14.2 Å². The summed E-state index contributed by atoms with van der Waals surface area (Å²) in [5, 5.41) is 0. The van der Waals surface area contributed by atoms with Crippen molar-refractivity contribution in [3.8, 4) is 11.5 Å². The van der Waals surface area contributed by atoms with E-state index in [9.17, 15) is 0 Å². The predicted molar refractivity (Wildman–Crippen MR) is 79.6 cm³/mol. The monoisotopic (exact) mass is 274 g/mol. The summed E-state index contributed by atoms with van der Waals surface area (Å²) in [5.41, 5.74) is 2.30. The van der Waals surface area contributed by atoms with Gasteiger partial charge in [-0.3, -0.25) is 0 Å². The lowest BCUT2D eigenvalue weighted by Gasteiger charge is -2.09. The first-order chi connectivity index (χ1) is 9.13.